The first-order chi connectivity index (χ1) is 3.98. The summed E-state index contributed by atoms with van der Waals surface area (Å²) in [5.74, 6) is -2.59. The number of halogens is 1. The van der Waals surface area contributed by atoms with E-state index in [9.17, 15) is 4.57 Å². The Hall–Kier alpha value is 0.830. The van der Waals surface area contributed by atoms with Gasteiger partial charge in [0.1, 0.15) is 0 Å². The molecule has 0 fully saturated rings. The van der Waals surface area contributed by atoms with E-state index in [1.807, 2.05) is 13.8 Å². The quantitative estimate of drug-likeness (QED) is 0.689. The van der Waals surface area contributed by atoms with Crippen molar-refractivity contribution in [3.8, 4) is 0 Å². The summed E-state index contributed by atoms with van der Waals surface area (Å²) in [4.78, 5) is 0. The molecule has 0 aliphatic carbocycles. The molecule has 0 spiro atoms. The number of hydrogen-bond acceptors (Lipinski definition) is 2. The van der Waals surface area contributed by atoms with Gasteiger partial charge in [-0.05, 0) is 31.3 Å². The molecule has 0 radical (unpaired) electrons. The maximum atomic E-state index is 11.0. The van der Waals surface area contributed by atoms with Crippen LogP contribution in [0.25, 0.3) is 0 Å². The van der Waals surface area contributed by atoms with Crippen LogP contribution in [0.1, 0.15) is 13.8 Å². The minimum atomic E-state index is -2.59. The fraction of sp³-hybridized carbons (Fsp3) is 1.00. The van der Waals surface area contributed by atoms with Gasteiger partial charge in [0.2, 0.25) is 0 Å². The molecule has 2 nitrogen and oxygen atoms in total. The van der Waals surface area contributed by atoms with E-state index in [1.54, 1.807) is 6.26 Å². The Balaban J connectivity index is 3.73. The Morgan fingerprint density at radius 3 is 2.22 bits per heavy atom. The standard InChI is InChI=1S/C4H11ClNOPS/c1-4(2)6-8(5,7)9-3/h4H,1-3H3,(H,6,7). The molecule has 0 rings (SSSR count). The van der Waals surface area contributed by atoms with Crippen molar-refractivity contribution in [3.05, 3.63) is 0 Å². The summed E-state index contributed by atoms with van der Waals surface area (Å²) in [6.07, 6.45) is 1.73. The predicted molar refractivity (Wildman–Crippen MR) is 45.2 cm³/mol. The highest BCUT2D eigenvalue weighted by atomic mass is 35.7. The van der Waals surface area contributed by atoms with Gasteiger partial charge in [0.05, 0.1) is 0 Å². The Bertz CT molecular complexity index is 130. The highest BCUT2D eigenvalue weighted by Crippen LogP contribution is 2.58. The van der Waals surface area contributed by atoms with E-state index in [0.29, 0.717) is 0 Å². The van der Waals surface area contributed by atoms with Crippen molar-refractivity contribution < 1.29 is 4.57 Å². The first-order valence-corrected chi connectivity index (χ1v) is 7.05. The molecule has 1 atom stereocenters. The van der Waals surface area contributed by atoms with Gasteiger partial charge in [0.15, 0.2) is 0 Å². The molecule has 9 heavy (non-hydrogen) atoms. The highest BCUT2D eigenvalue weighted by Gasteiger charge is 2.16. The smallest absolute Gasteiger partial charge is 0.277 e. The topological polar surface area (TPSA) is 29.1 Å². The number of nitrogens with one attached hydrogen (secondary N) is 1. The molecule has 0 aromatic heterocycles. The van der Waals surface area contributed by atoms with Gasteiger partial charge in [-0.25, -0.2) is 5.09 Å². The van der Waals surface area contributed by atoms with Crippen LogP contribution in [0.4, 0.5) is 0 Å². The summed E-state index contributed by atoms with van der Waals surface area (Å²) in [7, 11) is 0. The average Bonchev–Trinajstić information content (AvgIpc) is 1.63. The molecule has 1 N–H and O–H groups in total. The Morgan fingerprint density at radius 2 is 2.11 bits per heavy atom. The number of rotatable bonds is 3. The van der Waals surface area contributed by atoms with Crippen LogP contribution in [0, 0.1) is 0 Å². The average molecular weight is 188 g/mol. The van der Waals surface area contributed by atoms with Gasteiger partial charge in [0.25, 0.3) is 5.85 Å². The first-order valence-electron chi connectivity index (χ1n) is 2.61. The molecule has 0 aliphatic rings. The van der Waals surface area contributed by atoms with Crippen molar-refractivity contribution in [1.82, 2.24) is 5.09 Å². The van der Waals surface area contributed by atoms with Gasteiger partial charge < -0.3 is 0 Å². The minimum Gasteiger partial charge on any atom is -0.277 e. The third-order valence-electron chi connectivity index (χ3n) is 0.647. The Kier molecular flexibility index (Phi) is 4.22. The largest absolute Gasteiger partial charge is 0.286 e. The minimum absolute atomic E-state index is 0.181. The molecular weight excluding hydrogens is 177 g/mol. The molecule has 0 saturated heterocycles. The Labute approximate surface area is 64.7 Å². The lowest BCUT2D eigenvalue weighted by molar-refractivity contribution is 0.578. The molecule has 0 amide bonds. The lowest BCUT2D eigenvalue weighted by Crippen LogP contribution is -2.15. The van der Waals surface area contributed by atoms with E-state index in [0.717, 1.165) is 0 Å². The molecular formula is C4H11ClNOPS. The van der Waals surface area contributed by atoms with Gasteiger partial charge >= 0.3 is 0 Å². The predicted octanol–water partition coefficient (Wildman–Crippen LogP) is 2.69. The van der Waals surface area contributed by atoms with Gasteiger partial charge in [-0.1, -0.05) is 11.4 Å². The third-order valence-corrected chi connectivity index (χ3v) is 5.20. The first kappa shape index (κ1) is 9.83. The highest BCUT2D eigenvalue weighted by molar-refractivity contribution is 8.64. The molecule has 0 bridgehead atoms. The van der Waals surface area contributed by atoms with Crippen LogP contribution in [0.15, 0.2) is 0 Å². The maximum Gasteiger partial charge on any atom is 0.286 e. The van der Waals surface area contributed by atoms with Crippen LogP contribution >= 0.6 is 28.5 Å². The van der Waals surface area contributed by atoms with Crippen LogP contribution < -0.4 is 5.09 Å². The van der Waals surface area contributed by atoms with Crippen LogP contribution in [0.5, 0.6) is 0 Å². The zero-order valence-corrected chi connectivity index (χ0v) is 8.19. The van der Waals surface area contributed by atoms with Crippen LogP contribution in [0.2, 0.25) is 0 Å². The van der Waals surface area contributed by atoms with Crippen molar-refractivity contribution >= 4 is 28.5 Å². The van der Waals surface area contributed by atoms with Crippen LogP contribution in [-0.2, 0) is 4.57 Å². The summed E-state index contributed by atoms with van der Waals surface area (Å²) >= 11 is 6.69. The van der Waals surface area contributed by atoms with E-state index in [4.69, 9.17) is 11.2 Å². The van der Waals surface area contributed by atoms with Gasteiger partial charge in [-0.2, -0.15) is 0 Å². The molecule has 1 unspecified atom stereocenters. The van der Waals surface area contributed by atoms with Crippen molar-refractivity contribution in [2.45, 2.75) is 19.9 Å². The van der Waals surface area contributed by atoms with E-state index < -0.39 is 5.85 Å². The molecule has 0 aromatic carbocycles. The van der Waals surface area contributed by atoms with Crippen molar-refractivity contribution in [2.24, 2.45) is 0 Å². The fourth-order valence-corrected chi connectivity index (χ4v) is 2.62. The lowest BCUT2D eigenvalue weighted by atomic mass is 10.4. The van der Waals surface area contributed by atoms with Crippen LogP contribution in [0.3, 0.4) is 0 Å². The van der Waals surface area contributed by atoms with Gasteiger partial charge in [0, 0.05) is 6.04 Å². The zero-order valence-electron chi connectivity index (χ0n) is 5.72. The number of hydrogen-bond donors (Lipinski definition) is 1. The monoisotopic (exact) mass is 187 g/mol. The second-order valence-corrected chi connectivity index (χ2v) is 8.20. The summed E-state index contributed by atoms with van der Waals surface area (Å²) in [5.41, 5.74) is 0. The van der Waals surface area contributed by atoms with E-state index in [-0.39, 0.29) is 6.04 Å². The normalized spacial score (nSPS) is 17.9. The second kappa shape index (κ2) is 3.87. The second-order valence-electron chi connectivity index (χ2n) is 1.95. The summed E-state index contributed by atoms with van der Waals surface area (Å²) in [6, 6.07) is 0.181. The van der Waals surface area contributed by atoms with Gasteiger partial charge in [-0.3, -0.25) is 4.57 Å². The molecule has 0 saturated carbocycles. The fourth-order valence-electron chi connectivity index (χ4n) is 0.361. The zero-order chi connectivity index (χ0) is 7.49. The lowest BCUT2D eigenvalue weighted by Gasteiger charge is -2.11. The van der Waals surface area contributed by atoms with Crippen LogP contribution in [-0.4, -0.2) is 12.3 Å². The van der Waals surface area contributed by atoms with Crippen molar-refractivity contribution in [3.63, 3.8) is 0 Å². The maximum absolute atomic E-state index is 11.0. The van der Waals surface area contributed by atoms with E-state index in [1.165, 1.54) is 11.4 Å². The molecule has 56 valence electrons. The summed E-state index contributed by atoms with van der Waals surface area (Å²) in [6.45, 7) is 3.82. The van der Waals surface area contributed by atoms with E-state index >= 15 is 0 Å². The molecule has 0 aromatic rings. The third kappa shape index (κ3) is 5.28. The van der Waals surface area contributed by atoms with Crippen molar-refractivity contribution in [2.75, 3.05) is 6.26 Å². The molecule has 5 heteroatoms. The molecule has 0 heterocycles. The van der Waals surface area contributed by atoms with Gasteiger partial charge in [-0.15, -0.1) is 0 Å². The van der Waals surface area contributed by atoms with Crippen molar-refractivity contribution in [1.29, 1.82) is 0 Å². The molecule has 0 aliphatic heterocycles. The van der Waals surface area contributed by atoms with E-state index in [2.05, 4.69) is 5.09 Å². The SMILES string of the molecule is CSP(=O)(Cl)NC(C)C. The summed E-state index contributed by atoms with van der Waals surface area (Å²) < 4.78 is 11.0. The summed E-state index contributed by atoms with van der Waals surface area (Å²) in [5, 5.41) is 2.75. The Morgan fingerprint density at radius 1 is 1.67 bits per heavy atom.